The summed E-state index contributed by atoms with van der Waals surface area (Å²) in [6, 6.07) is 6.80. The summed E-state index contributed by atoms with van der Waals surface area (Å²) >= 11 is 3.30. The Morgan fingerprint density at radius 3 is 2.90 bits per heavy atom. The molecule has 0 amide bonds. The molecular formula is C15H17BrFN3O. The molecule has 21 heavy (non-hydrogen) atoms. The van der Waals surface area contributed by atoms with Crippen molar-refractivity contribution in [2.75, 3.05) is 13.7 Å². The molecule has 0 bridgehead atoms. The first kappa shape index (κ1) is 15.9. The Morgan fingerprint density at radius 1 is 1.38 bits per heavy atom. The highest BCUT2D eigenvalue weighted by Gasteiger charge is 2.16. The molecule has 0 radical (unpaired) electrons. The lowest BCUT2D eigenvalue weighted by Crippen LogP contribution is -2.24. The SMILES string of the molecule is CCNC(Cc1cccc(F)c1Br)c1cc(OC)ncn1. The number of rotatable bonds is 6. The van der Waals surface area contributed by atoms with Crippen molar-refractivity contribution in [1.29, 1.82) is 0 Å². The van der Waals surface area contributed by atoms with Crippen LogP contribution in [0.5, 0.6) is 5.88 Å². The minimum absolute atomic E-state index is 0.0370. The Labute approximate surface area is 131 Å². The number of nitrogens with zero attached hydrogens (tertiary/aromatic N) is 2. The zero-order chi connectivity index (χ0) is 15.2. The molecule has 1 aromatic carbocycles. The van der Waals surface area contributed by atoms with Gasteiger partial charge in [-0.15, -0.1) is 0 Å². The summed E-state index contributed by atoms with van der Waals surface area (Å²) in [7, 11) is 1.57. The van der Waals surface area contributed by atoms with Crippen LogP contribution in [0.2, 0.25) is 0 Å². The molecule has 0 saturated heterocycles. The largest absolute Gasteiger partial charge is 0.481 e. The summed E-state index contributed by atoms with van der Waals surface area (Å²) < 4.78 is 19.2. The number of aromatic nitrogens is 2. The van der Waals surface area contributed by atoms with Gasteiger partial charge in [0.2, 0.25) is 5.88 Å². The number of benzene rings is 1. The minimum Gasteiger partial charge on any atom is -0.481 e. The average Bonchev–Trinajstić information content (AvgIpc) is 2.51. The lowest BCUT2D eigenvalue weighted by atomic mass is 10.0. The summed E-state index contributed by atoms with van der Waals surface area (Å²) in [6.07, 6.45) is 2.09. The Hall–Kier alpha value is -1.53. The van der Waals surface area contributed by atoms with Crippen molar-refractivity contribution in [3.05, 3.63) is 52.1 Å². The van der Waals surface area contributed by atoms with E-state index in [1.54, 1.807) is 19.2 Å². The molecule has 4 nitrogen and oxygen atoms in total. The average molecular weight is 354 g/mol. The third-order valence-electron chi connectivity index (χ3n) is 3.14. The van der Waals surface area contributed by atoms with Gasteiger partial charge in [0.05, 0.1) is 23.3 Å². The van der Waals surface area contributed by atoms with Gasteiger partial charge in [-0.25, -0.2) is 14.4 Å². The van der Waals surface area contributed by atoms with Crippen molar-refractivity contribution in [2.45, 2.75) is 19.4 Å². The fraction of sp³-hybridized carbons (Fsp3) is 0.333. The van der Waals surface area contributed by atoms with E-state index in [9.17, 15) is 4.39 Å². The van der Waals surface area contributed by atoms with Crippen LogP contribution >= 0.6 is 15.9 Å². The highest BCUT2D eigenvalue weighted by atomic mass is 79.9. The first-order valence-corrected chi connectivity index (χ1v) is 7.47. The fourth-order valence-electron chi connectivity index (χ4n) is 2.11. The van der Waals surface area contributed by atoms with Crippen LogP contribution in [0, 0.1) is 5.82 Å². The summed E-state index contributed by atoms with van der Waals surface area (Å²) in [6.45, 7) is 2.80. The smallest absolute Gasteiger partial charge is 0.216 e. The third-order valence-corrected chi connectivity index (χ3v) is 4.02. The summed E-state index contributed by atoms with van der Waals surface area (Å²) in [4.78, 5) is 8.30. The van der Waals surface area contributed by atoms with Gasteiger partial charge in [-0.2, -0.15) is 0 Å². The van der Waals surface area contributed by atoms with Gasteiger partial charge in [-0.3, -0.25) is 0 Å². The molecule has 112 valence electrons. The summed E-state index contributed by atoms with van der Waals surface area (Å²) in [5.41, 5.74) is 1.71. The standard InChI is InChI=1S/C15H17BrFN3O/c1-3-18-12(13-8-14(21-2)20-9-19-13)7-10-5-4-6-11(17)15(10)16/h4-6,8-9,12,18H,3,7H2,1-2H3. The Morgan fingerprint density at radius 2 is 2.19 bits per heavy atom. The van der Waals surface area contributed by atoms with Crippen LogP contribution in [0.1, 0.15) is 24.2 Å². The molecule has 1 aromatic heterocycles. The van der Waals surface area contributed by atoms with Gasteiger partial charge in [-0.1, -0.05) is 19.1 Å². The molecule has 2 rings (SSSR count). The second-order valence-corrected chi connectivity index (χ2v) is 5.31. The lowest BCUT2D eigenvalue weighted by molar-refractivity contribution is 0.393. The molecule has 1 unspecified atom stereocenters. The number of hydrogen-bond acceptors (Lipinski definition) is 4. The van der Waals surface area contributed by atoms with Gasteiger partial charge in [0.15, 0.2) is 0 Å². The molecular weight excluding hydrogens is 337 g/mol. The zero-order valence-corrected chi connectivity index (χ0v) is 13.5. The van der Waals surface area contributed by atoms with Gasteiger partial charge in [0, 0.05) is 6.07 Å². The van der Waals surface area contributed by atoms with Crippen LogP contribution < -0.4 is 10.1 Å². The summed E-state index contributed by atoms with van der Waals surface area (Å²) in [5.74, 6) is 0.254. The predicted octanol–water partition coefficient (Wildman–Crippen LogP) is 3.28. The van der Waals surface area contributed by atoms with Crippen LogP contribution in [0.4, 0.5) is 4.39 Å². The van der Waals surface area contributed by atoms with E-state index in [1.807, 2.05) is 13.0 Å². The fourth-order valence-corrected chi connectivity index (χ4v) is 2.54. The minimum atomic E-state index is -0.261. The van der Waals surface area contributed by atoms with Crippen LogP contribution in [-0.4, -0.2) is 23.6 Å². The molecule has 1 atom stereocenters. The van der Waals surface area contributed by atoms with Crippen molar-refractivity contribution in [3.63, 3.8) is 0 Å². The first-order valence-electron chi connectivity index (χ1n) is 6.68. The zero-order valence-electron chi connectivity index (χ0n) is 11.9. The second kappa shape index (κ2) is 7.47. The molecule has 0 fully saturated rings. The topological polar surface area (TPSA) is 47.0 Å². The number of likely N-dealkylation sites (N-methyl/N-ethyl adjacent to an activating group) is 1. The van der Waals surface area contributed by atoms with E-state index in [4.69, 9.17) is 4.74 Å². The van der Waals surface area contributed by atoms with E-state index in [0.29, 0.717) is 16.8 Å². The number of halogens is 2. The van der Waals surface area contributed by atoms with E-state index in [0.717, 1.165) is 17.8 Å². The van der Waals surface area contributed by atoms with Crippen LogP contribution in [0.3, 0.4) is 0 Å². The molecule has 0 aliphatic carbocycles. The Kier molecular flexibility index (Phi) is 5.64. The third kappa shape index (κ3) is 3.98. The highest BCUT2D eigenvalue weighted by Crippen LogP contribution is 2.26. The first-order chi connectivity index (χ1) is 10.2. The van der Waals surface area contributed by atoms with Crippen LogP contribution in [0.15, 0.2) is 35.1 Å². The van der Waals surface area contributed by atoms with E-state index < -0.39 is 0 Å². The van der Waals surface area contributed by atoms with Gasteiger partial charge in [0.25, 0.3) is 0 Å². The normalized spacial score (nSPS) is 12.2. The number of nitrogens with one attached hydrogen (secondary N) is 1. The van der Waals surface area contributed by atoms with Gasteiger partial charge < -0.3 is 10.1 Å². The molecule has 6 heteroatoms. The van der Waals surface area contributed by atoms with Gasteiger partial charge >= 0.3 is 0 Å². The molecule has 0 saturated carbocycles. The molecule has 1 N–H and O–H groups in total. The van der Waals surface area contributed by atoms with Gasteiger partial charge in [-0.05, 0) is 40.5 Å². The van der Waals surface area contributed by atoms with E-state index in [2.05, 4.69) is 31.2 Å². The number of hydrogen-bond donors (Lipinski definition) is 1. The maximum Gasteiger partial charge on any atom is 0.216 e. The second-order valence-electron chi connectivity index (χ2n) is 4.51. The molecule has 0 spiro atoms. The monoisotopic (exact) mass is 353 g/mol. The molecule has 1 heterocycles. The number of ether oxygens (including phenoxy) is 1. The number of methoxy groups -OCH3 is 1. The highest BCUT2D eigenvalue weighted by molar-refractivity contribution is 9.10. The van der Waals surface area contributed by atoms with Crippen LogP contribution in [-0.2, 0) is 6.42 Å². The van der Waals surface area contributed by atoms with Crippen molar-refractivity contribution in [3.8, 4) is 5.88 Å². The predicted molar refractivity (Wildman–Crippen MR) is 82.8 cm³/mol. The maximum absolute atomic E-state index is 13.6. The van der Waals surface area contributed by atoms with E-state index >= 15 is 0 Å². The lowest BCUT2D eigenvalue weighted by Gasteiger charge is -2.18. The van der Waals surface area contributed by atoms with Gasteiger partial charge in [0.1, 0.15) is 12.1 Å². The Bertz CT molecular complexity index is 609. The van der Waals surface area contributed by atoms with Crippen molar-refractivity contribution in [2.24, 2.45) is 0 Å². The van der Waals surface area contributed by atoms with Crippen molar-refractivity contribution in [1.82, 2.24) is 15.3 Å². The quantitative estimate of drug-likeness (QED) is 0.865. The molecule has 0 aliphatic heterocycles. The molecule has 2 aromatic rings. The molecule has 0 aliphatic rings. The van der Waals surface area contributed by atoms with Crippen LogP contribution in [0.25, 0.3) is 0 Å². The van der Waals surface area contributed by atoms with E-state index in [-0.39, 0.29) is 11.9 Å². The summed E-state index contributed by atoms with van der Waals surface area (Å²) in [5, 5.41) is 3.36. The maximum atomic E-state index is 13.6. The van der Waals surface area contributed by atoms with Crippen molar-refractivity contribution < 1.29 is 9.13 Å². The Balaban J connectivity index is 2.28. The van der Waals surface area contributed by atoms with Crippen molar-refractivity contribution >= 4 is 15.9 Å². The van der Waals surface area contributed by atoms with E-state index in [1.165, 1.54) is 12.4 Å².